The summed E-state index contributed by atoms with van der Waals surface area (Å²) >= 11 is 6.07. The third kappa shape index (κ3) is 7.02. The molecule has 0 saturated heterocycles. The number of amides is 2. The summed E-state index contributed by atoms with van der Waals surface area (Å²) in [6.07, 6.45) is 0.591. The highest BCUT2D eigenvalue weighted by Gasteiger charge is 2.19. The van der Waals surface area contributed by atoms with Crippen molar-refractivity contribution < 1.29 is 18.7 Å². The van der Waals surface area contributed by atoms with E-state index in [2.05, 4.69) is 32.4 Å². The summed E-state index contributed by atoms with van der Waals surface area (Å²) in [6, 6.07) is 13.2. The van der Waals surface area contributed by atoms with Crippen LogP contribution in [0.2, 0.25) is 5.02 Å². The molecule has 3 rings (SSSR count). The highest BCUT2D eigenvalue weighted by molar-refractivity contribution is 6.34. The number of ether oxygens (including phenoxy) is 1. The largest absolute Gasteiger partial charge is 0.444 e. The Labute approximate surface area is 195 Å². The predicted octanol–water partition coefficient (Wildman–Crippen LogP) is 5.27. The van der Waals surface area contributed by atoms with Gasteiger partial charge in [-0.15, -0.1) is 0 Å². The second-order valence-electron chi connectivity index (χ2n) is 7.78. The quantitative estimate of drug-likeness (QED) is 0.513. The number of halogens is 2. The number of rotatable bonds is 3. The highest BCUT2D eigenvalue weighted by Crippen LogP contribution is 2.20. The van der Waals surface area contributed by atoms with Gasteiger partial charge < -0.3 is 10.1 Å². The number of carbonyl (C=O) groups is 2. The van der Waals surface area contributed by atoms with Crippen LogP contribution in [0.4, 0.5) is 20.8 Å². The van der Waals surface area contributed by atoms with Crippen molar-refractivity contribution in [2.45, 2.75) is 26.4 Å². The van der Waals surface area contributed by atoms with Gasteiger partial charge in [0.1, 0.15) is 17.1 Å². The first-order valence-electron chi connectivity index (χ1n) is 9.81. The molecule has 7 nitrogen and oxygen atoms in total. The zero-order chi connectivity index (χ0) is 24.0. The number of hydrogen-bond donors (Lipinski definition) is 2. The van der Waals surface area contributed by atoms with Gasteiger partial charge in [-0.25, -0.2) is 19.2 Å². The fraction of sp³-hybridized carbons (Fsp3) is 0.167. The van der Waals surface area contributed by atoms with Gasteiger partial charge in [-0.3, -0.25) is 10.1 Å². The van der Waals surface area contributed by atoms with Crippen LogP contribution < -0.4 is 10.6 Å². The van der Waals surface area contributed by atoms with Crippen LogP contribution in [0.5, 0.6) is 0 Å². The molecule has 0 atom stereocenters. The van der Waals surface area contributed by atoms with Crippen molar-refractivity contribution in [3.63, 3.8) is 0 Å². The molecule has 2 amide bonds. The Morgan fingerprint density at radius 1 is 1.03 bits per heavy atom. The molecule has 2 aromatic heterocycles. The molecule has 9 heteroatoms. The van der Waals surface area contributed by atoms with E-state index < -0.39 is 23.4 Å². The average molecular weight is 467 g/mol. The van der Waals surface area contributed by atoms with Crippen LogP contribution in [0, 0.1) is 17.7 Å². The van der Waals surface area contributed by atoms with Gasteiger partial charge in [0.05, 0.1) is 5.02 Å². The lowest BCUT2D eigenvalue weighted by Crippen LogP contribution is -2.27. The van der Waals surface area contributed by atoms with Crippen LogP contribution in [0.3, 0.4) is 0 Å². The standard InChI is InChI=1S/C24H20ClFN4O3/c1-24(2,3)33-23(32)29-19-12-11-17(25)20(28-19)22(31)30-21-18(26)13-16(14-27-21)10-9-15-7-5-4-6-8-15/h4-8,11-14H,1-3H3,(H,27,30,31)(H,28,29,32). The second kappa shape index (κ2) is 10.1. The normalized spacial score (nSPS) is 10.6. The molecular weight excluding hydrogens is 447 g/mol. The van der Waals surface area contributed by atoms with Gasteiger partial charge >= 0.3 is 6.09 Å². The number of nitrogens with one attached hydrogen (secondary N) is 2. The molecule has 2 heterocycles. The van der Waals surface area contributed by atoms with E-state index in [4.69, 9.17) is 16.3 Å². The van der Waals surface area contributed by atoms with Crippen molar-refractivity contribution in [2.24, 2.45) is 0 Å². The van der Waals surface area contributed by atoms with Crippen molar-refractivity contribution in [3.05, 3.63) is 82.4 Å². The SMILES string of the molecule is CC(C)(C)OC(=O)Nc1ccc(Cl)c(C(=O)Nc2ncc(C#Cc3ccccc3)cc2F)n1. The number of carbonyl (C=O) groups excluding carboxylic acids is 2. The first kappa shape index (κ1) is 23.7. The van der Waals surface area contributed by atoms with Crippen LogP contribution in [0.15, 0.2) is 54.7 Å². The Kier molecular flexibility index (Phi) is 7.26. The van der Waals surface area contributed by atoms with E-state index in [1.54, 1.807) is 20.8 Å². The van der Waals surface area contributed by atoms with Gasteiger partial charge in [0, 0.05) is 17.3 Å². The fourth-order valence-corrected chi connectivity index (χ4v) is 2.70. The molecular formula is C24H20ClFN4O3. The van der Waals surface area contributed by atoms with Crippen LogP contribution in [-0.2, 0) is 4.74 Å². The predicted molar refractivity (Wildman–Crippen MR) is 124 cm³/mol. The Morgan fingerprint density at radius 2 is 1.73 bits per heavy atom. The van der Waals surface area contributed by atoms with Crippen molar-refractivity contribution >= 4 is 35.2 Å². The van der Waals surface area contributed by atoms with Gasteiger partial charge in [0.25, 0.3) is 5.91 Å². The summed E-state index contributed by atoms with van der Waals surface area (Å²) in [6.45, 7) is 5.13. The molecule has 0 unspecified atom stereocenters. The molecule has 0 fully saturated rings. The summed E-state index contributed by atoms with van der Waals surface area (Å²) in [5.74, 6) is 3.87. The minimum Gasteiger partial charge on any atom is -0.444 e. The van der Waals surface area contributed by atoms with Crippen LogP contribution in [0.25, 0.3) is 0 Å². The molecule has 33 heavy (non-hydrogen) atoms. The molecule has 0 aliphatic carbocycles. The summed E-state index contributed by atoms with van der Waals surface area (Å²) in [4.78, 5) is 32.5. The number of pyridine rings is 2. The zero-order valence-electron chi connectivity index (χ0n) is 18.1. The first-order valence-corrected chi connectivity index (χ1v) is 10.2. The van der Waals surface area contributed by atoms with Crippen molar-refractivity contribution in [2.75, 3.05) is 10.6 Å². The number of benzene rings is 1. The maximum Gasteiger partial charge on any atom is 0.413 e. The van der Waals surface area contributed by atoms with E-state index in [1.807, 2.05) is 30.3 Å². The molecule has 0 saturated carbocycles. The van der Waals surface area contributed by atoms with Gasteiger partial charge in [-0.2, -0.15) is 0 Å². The number of hydrogen-bond acceptors (Lipinski definition) is 5. The van der Waals surface area contributed by atoms with Gasteiger partial charge in [0.15, 0.2) is 11.6 Å². The maximum atomic E-state index is 14.5. The average Bonchev–Trinajstić information content (AvgIpc) is 2.74. The fourth-order valence-electron chi connectivity index (χ4n) is 2.51. The minimum absolute atomic E-state index is 0.00740. The molecule has 168 valence electrons. The summed E-state index contributed by atoms with van der Waals surface area (Å²) in [5, 5.41) is 4.75. The monoisotopic (exact) mass is 466 g/mol. The lowest BCUT2D eigenvalue weighted by Gasteiger charge is -2.19. The van der Waals surface area contributed by atoms with Gasteiger partial charge in [0.2, 0.25) is 0 Å². The summed E-state index contributed by atoms with van der Waals surface area (Å²) in [7, 11) is 0. The molecule has 0 aliphatic rings. The molecule has 0 radical (unpaired) electrons. The molecule has 0 spiro atoms. The van der Waals surface area contributed by atoms with E-state index in [0.29, 0.717) is 5.56 Å². The molecule has 0 aliphatic heterocycles. The maximum absolute atomic E-state index is 14.5. The van der Waals surface area contributed by atoms with E-state index in [-0.39, 0.29) is 22.4 Å². The van der Waals surface area contributed by atoms with E-state index >= 15 is 0 Å². The Bertz CT molecular complexity index is 1250. The molecule has 3 aromatic rings. The lowest BCUT2D eigenvalue weighted by atomic mass is 10.2. The van der Waals surface area contributed by atoms with Gasteiger partial charge in [-0.05, 0) is 51.1 Å². The smallest absolute Gasteiger partial charge is 0.413 e. The number of anilines is 2. The molecule has 2 N–H and O–H groups in total. The Morgan fingerprint density at radius 3 is 2.39 bits per heavy atom. The summed E-state index contributed by atoms with van der Waals surface area (Å²) in [5.41, 5.74) is 0.182. The molecule has 1 aromatic carbocycles. The van der Waals surface area contributed by atoms with Crippen LogP contribution in [-0.4, -0.2) is 27.6 Å². The van der Waals surface area contributed by atoms with E-state index in [9.17, 15) is 14.0 Å². The third-order valence-corrected chi connectivity index (χ3v) is 4.19. The third-order valence-electron chi connectivity index (χ3n) is 3.89. The van der Waals surface area contributed by atoms with E-state index in [1.165, 1.54) is 18.3 Å². The lowest BCUT2D eigenvalue weighted by molar-refractivity contribution is 0.0635. The van der Waals surface area contributed by atoms with Crippen molar-refractivity contribution in [1.29, 1.82) is 0 Å². The van der Waals surface area contributed by atoms with Gasteiger partial charge in [-0.1, -0.05) is 41.6 Å². The van der Waals surface area contributed by atoms with Crippen LogP contribution in [0.1, 0.15) is 42.4 Å². The summed E-state index contributed by atoms with van der Waals surface area (Å²) < 4.78 is 19.6. The highest BCUT2D eigenvalue weighted by atomic mass is 35.5. The number of aromatic nitrogens is 2. The Hall–Kier alpha value is -3.96. The minimum atomic E-state index is -0.803. The van der Waals surface area contributed by atoms with Crippen molar-refractivity contribution in [3.8, 4) is 11.8 Å². The van der Waals surface area contributed by atoms with E-state index in [0.717, 1.165) is 11.6 Å². The number of nitrogens with zero attached hydrogens (tertiary/aromatic N) is 2. The Balaban J connectivity index is 1.73. The van der Waals surface area contributed by atoms with Crippen molar-refractivity contribution in [1.82, 2.24) is 9.97 Å². The second-order valence-corrected chi connectivity index (χ2v) is 8.19. The van der Waals surface area contributed by atoms with Crippen LogP contribution >= 0.6 is 11.6 Å². The first-order chi connectivity index (χ1) is 15.6. The molecule has 0 bridgehead atoms. The zero-order valence-corrected chi connectivity index (χ0v) is 18.8. The topological polar surface area (TPSA) is 93.2 Å².